The third kappa shape index (κ3) is 7.73. The lowest BCUT2D eigenvalue weighted by Crippen LogP contribution is -2.39. The highest BCUT2D eigenvalue weighted by atomic mass is 19.1. The summed E-state index contributed by atoms with van der Waals surface area (Å²) in [5.74, 6) is 0.135. The number of amides is 2. The van der Waals surface area contributed by atoms with Gasteiger partial charge in [-0.05, 0) is 57.8 Å². The highest BCUT2D eigenvalue weighted by Crippen LogP contribution is 2.16. The van der Waals surface area contributed by atoms with Crippen LogP contribution in [0.25, 0.3) is 0 Å². The Hall–Kier alpha value is -1.82. The SMILES string of the molecule is CC1CCCCN1CCCCNC(=O)NCCOc1cccc(F)c1. The fourth-order valence-electron chi connectivity index (χ4n) is 3.08. The molecule has 1 saturated heterocycles. The van der Waals surface area contributed by atoms with E-state index in [0.29, 0.717) is 31.5 Å². The van der Waals surface area contributed by atoms with Crippen LogP contribution < -0.4 is 15.4 Å². The van der Waals surface area contributed by atoms with Gasteiger partial charge in [0.25, 0.3) is 0 Å². The number of unbranched alkanes of at least 4 members (excludes halogenated alkanes) is 1. The molecule has 1 aromatic rings. The monoisotopic (exact) mass is 351 g/mol. The summed E-state index contributed by atoms with van der Waals surface area (Å²) in [5.41, 5.74) is 0. The molecule has 0 bridgehead atoms. The molecule has 0 spiro atoms. The number of piperidine rings is 1. The van der Waals surface area contributed by atoms with E-state index in [0.717, 1.165) is 19.4 Å². The molecule has 1 unspecified atom stereocenters. The number of nitrogens with zero attached hydrogens (tertiary/aromatic N) is 1. The van der Waals surface area contributed by atoms with Gasteiger partial charge in [-0.3, -0.25) is 0 Å². The summed E-state index contributed by atoms with van der Waals surface area (Å²) in [6.07, 6.45) is 6.05. The summed E-state index contributed by atoms with van der Waals surface area (Å²) in [5, 5.41) is 5.59. The Morgan fingerprint density at radius 3 is 2.92 bits per heavy atom. The van der Waals surface area contributed by atoms with Crippen LogP contribution in [0.15, 0.2) is 24.3 Å². The van der Waals surface area contributed by atoms with Crippen LogP contribution in [0.2, 0.25) is 0 Å². The molecule has 140 valence electrons. The predicted molar refractivity (Wildman–Crippen MR) is 97.4 cm³/mol. The Balaban J connectivity index is 1.45. The van der Waals surface area contributed by atoms with Gasteiger partial charge in [0.05, 0.1) is 6.54 Å². The quantitative estimate of drug-likeness (QED) is 0.672. The molecule has 0 radical (unpaired) electrons. The summed E-state index contributed by atoms with van der Waals surface area (Å²) in [4.78, 5) is 14.2. The fourth-order valence-corrected chi connectivity index (χ4v) is 3.08. The van der Waals surface area contributed by atoms with Crippen molar-refractivity contribution >= 4 is 6.03 Å². The van der Waals surface area contributed by atoms with Crippen molar-refractivity contribution < 1.29 is 13.9 Å². The number of hydrogen-bond donors (Lipinski definition) is 2. The summed E-state index contributed by atoms with van der Waals surface area (Å²) < 4.78 is 18.4. The molecule has 0 aliphatic carbocycles. The number of likely N-dealkylation sites (tertiary alicyclic amines) is 1. The van der Waals surface area contributed by atoms with Gasteiger partial charge in [-0.25, -0.2) is 9.18 Å². The van der Waals surface area contributed by atoms with E-state index in [-0.39, 0.29) is 11.8 Å². The molecule has 0 saturated carbocycles. The maximum Gasteiger partial charge on any atom is 0.314 e. The third-order valence-corrected chi connectivity index (χ3v) is 4.55. The minimum atomic E-state index is -0.331. The van der Waals surface area contributed by atoms with E-state index in [9.17, 15) is 9.18 Å². The lowest BCUT2D eigenvalue weighted by atomic mass is 10.0. The first-order valence-electron chi connectivity index (χ1n) is 9.29. The molecule has 1 atom stereocenters. The van der Waals surface area contributed by atoms with Crippen molar-refractivity contribution in [2.75, 3.05) is 32.8 Å². The summed E-state index contributed by atoms with van der Waals surface area (Å²) in [7, 11) is 0. The number of rotatable bonds is 9. The maximum absolute atomic E-state index is 13.0. The minimum Gasteiger partial charge on any atom is -0.492 e. The average molecular weight is 351 g/mol. The Morgan fingerprint density at radius 2 is 2.12 bits per heavy atom. The number of benzene rings is 1. The van der Waals surface area contributed by atoms with Crippen molar-refractivity contribution in [2.24, 2.45) is 0 Å². The Bertz CT molecular complexity index is 527. The zero-order chi connectivity index (χ0) is 17.9. The van der Waals surface area contributed by atoms with Crippen LogP contribution in [0.4, 0.5) is 9.18 Å². The van der Waals surface area contributed by atoms with Crippen LogP contribution in [0, 0.1) is 5.82 Å². The molecule has 2 amide bonds. The van der Waals surface area contributed by atoms with Crippen LogP contribution in [-0.4, -0.2) is 49.8 Å². The van der Waals surface area contributed by atoms with Crippen LogP contribution >= 0.6 is 0 Å². The molecule has 2 N–H and O–H groups in total. The van der Waals surface area contributed by atoms with Gasteiger partial charge < -0.3 is 20.3 Å². The van der Waals surface area contributed by atoms with E-state index < -0.39 is 0 Å². The first-order chi connectivity index (χ1) is 12.1. The molecule has 1 heterocycles. The number of nitrogens with one attached hydrogen (secondary N) is 2. The number of carbonyl (C=O) groups is 1. The number of ether oxygens (including phenoxy) is 1. The molecule has 1 fully saturated rings. The van der Waals surface area contributed by atoms with Gasteiger partial charge in [0.15, 0.2) is 0 Å². The zero-order valence-corrected chi connectivity index (χ0v) is 15.1. The number of urea groups is 1. The summed E-state index contributed by atoms with van der Waals surface area (Å²) in [6.45, 7) is 6.00. The van der Waals surface area contributed by atoms with E-state index in [2.05, 4.69) is 22.5 Å². The van der Waals surface area contributed by atoms with Gasteiger partial charge in [0, 0.05) is 18.7 Å². The van der Waals surface area contributed by atoms with E-state index in [1.165, 1.54) is 37.9 Å². The number of halogens is 1. The molecule has 1 aliphatic heterocycles. The normalized spacial score (nSPS) is 17.9. The van der Waals surface area contributed by atoms with Crippen LogP contribution in [-0.2, 0) is 0 Å². The van der Waals surface area contributed by atoms with E-state index >= 15 is 0 Å². The molecular formula is C19H30FN3O2. The van der Waals surface area contributed by atoms with Gasteiger partial charge >= 0.3 is 6.03 Å². The van der Waals surface area contributed by atoms with E-state index in [1.807, 2.05) is 0 Å². The van der Waals surface area contributed by atoms with Gasteiger partial charge in [-0.15, -0.1) is 0 Å². The van der Waals surface area contributed by atoms with Crippen molar-refractivity contribution in [2.45, 2.75) is 45.1 Å². The average Bonchev–Trinajstić information content (AvgIpc) is 2.60. The van der Waals surface area contributed by atoms with Gasteiger partial charge in [-0.2, -0.15) is 0 Å². The van der Waals surface area contributed by atoms with Gasteiger partial charge in [-0.1, -0.05) is 12.5 Å². The van der Waals surface area contributed by atoms with Gasteiger partial charge in [0.1, 0.15) is 18.2 Å². The van der Waals surface area contributed by atoms with Crippen LogP contribution in [0.3, 0.4) is 0 Å². The number of hydrogen-bond acceptors (Lipinski definition) is 3. The third-order valence-electron chi connectivity index (χ3n) is 4.55. The second-order valence-corrected chi connectivity index (χ2v) is 6.58. The van der Waals surface area contributed by atoms with Crippen molar-refractivity contribution in [1.29, 1.82) is 0 Å². The topological polar surface area (TPSA) is 53.6 Å². The molecule has 1 aromatic carbocycles. The Labute approximate surface area is 149 Å². The molecular weight excluding hydrogens is 321 g/mol. The number of carbonyl (C=O) groups excluding carboxylic acids is 1. The molecule has 6 heteroatoms. The highest BCUT2D eigenvalue weighted by molar-refractivity contribution is 5.73. The maximum atomic E-state index is 13.0. The summed E-state index contributed by atoms with van der Waals surface area (Å²) >= 11 is 0. The lowest BCUT2D eigenvalue weighted by molar-refractivity contribution is 0.158. The molecule has 0 aromatic heterocycles. The molecule has 2 rings (SSSR count). The molecule has 1 aliphatic rings. The van der Waals surface area contributed by atoms with Crippen molar-refractivity contribution in [3.8, 4) is 5.75 Å². The Kier molecular flexibility index (Phi) is 8.52. The second-order valence-electron chi connectivity index (χ2n) is 6.58. The first kappa shape index (κ1) is 19.5. The van der Waals surface area contributed by atoms with Crippen molar-refractivity contribution in [3.63, 3.8) is 0 Å². The van der Waals surface area contributed by atoms with Crippen LogP contribution in [0.5, 0.6) is 5.75 Å². The predicted octanol–water partition coefficient (Wildman–Crippen LogP) is 3.16. The van der Waals surface area contributed by atoms with Gasteiger partial charge in [0.2, 0.25) is 0 Å². The summed E-state index contributed by atoms with van der Waals surface area (Å²) in [6, 6.07) is 6.48. The van der Waals surface area contributed by atoms with Crippen molar-refractivity contribution in [1.82, 2.24) is 15.5 Å². The second kappa shape index (κ2) is 10.9. The van der Waals surface area contributed by atoms with E-state index in [1.54, 1.807) is 12.1 Å². The zero-order valence-electron chi connectivity index (χ0n) is 15.1. The fraction of sp³-hybridized carbons (Fsp3) is 0.632. The smallest absolute Gasteiger partial charge is 0.314 e. The highest BCUT2D eigenvalue weighted by Gasteiger charge is 2.16. The minimum absolute atomic E-state index is 0.186. The Morgan fingerprint density at radius 1 is 1.28 bits per heavy atom. The first-order valence-corrected chi connectivity index (χ1v) is 9.29. The molecule has 5 nitrogen and oxygen atoms in total. The van der Waals surface area contributed by atoms with Crippen molar-refractivity contribution in [3.05, 3.63) is 30.1 Å². The molecule has 25 heavy (non-hydrogen) atoms. The largest absolute Gasteiger partial charge is 0.492 e. The lowest BCUT2D eigenvalue weighted by Gasteiger charge is -2.33. The standard InChI is InChI=1S/C19H30FN3O2/c1-16-7-2-4-12-23(16)13-5-3-10-21-19(24)22-11-14-25-18-9-6-8-17(20)15-18/h6,8-9,15-16H,2-5,7,10-14H2,1H3,(H2,21,22,24). The van der Waals surface area contributed by atoms with Crippen LogP contribution in [0.1, 0.15) is 39.0 Å². The van der Waals surface area contributed by atoms with E-state index in [4.69, 9.17) is 4.74 Å².